The molecule has 4 heteroatoms. The molecule has 1 aromatic heterocycles. The van der Waals surface area contributed by atoms with Gasteiger partial charge in [-0.15, -0.1) is 0 Å². The molecule has 0 bridgehead atoms. The highest BCUT2D eigenvalue weighted by atomic mass is 15.1. The van der Waals surface area contributed by atoms with Crippen LogP contribution in [0.15, 0.2) is 6.20 Å². The Morgan fingerprint density at radius 2 is 2.27 bits per heavy atom. The van der Waals surface area contributed by atoms with E-state index in [2.05, 4.69) is 48.2 Å². The van der Waals surface area contributed by atoms with Crippen molar-refractivity contribution in [2.24, 2.45) is 0 Å². The highest BCUT2D eigenvalue weighted by Gasteiger charge is 2.04. The van der Waals surface area contributed by atoms with Crippen LogP contribution in [0, 0.1) is 6.92 Å². The van der Waals surface area contributed by atoms with E-state index in [9.17, 15) is 0 Å². The standard InChI is InChI=1S/C11H22N4/c1-9(2)12-5-6-15(4)8-11-7-13-14-10(11)3/h7,9,12H,5-6,8H2,1-4H3,(H,13,14). The van der Waals surface area contributed by atoms with Crippen molar-refractivity contribution in [1.82, 2.24) is 20.4 Å². The van der Waals surface area contributed by atoms with E-state index in [0.717, 1.165) is 19.6 Å². The Morgan fingerprint density at radius 1 is 1.53 bits per heavy atom. The van der Waals surface area contributed by atoms with E-state index in [1.807, 2.05) is 6.20 Å². The van der Waals surface area contributed by atoms with E-state index >= 15 is 0 Å². The molecule has 1 rings (SSSR count). The SMILES string of the molecule is Cc1[nH]ncc1CN(C)CCNC(C)C. The lowest BCUT2D eigenvalue weighted by atomic mass is 10.2. The number of nitrogens with zero attached hydrogens (tertiary/aromatic N) is 2. The van der Waals surface area contributed by atoms with Gasteiger partial charge in [-0.05, 0) is 14.0 Å². The number of aryl methyl sites for hydroxylation is 1. The molecule has 86 valence electrons. The van der Waals surface area contributed by atoms with Crippen LogP contribution in [-0.2, 0) is 6.54 Å². The summed E-state index contributed by atoms with van der Waals surface area (Å²) in [6, 6.07) is 0.564. The van der Waals surface area contributed by atoms with Gasteiger partial charge in [-0.1, -0.05) is 13.8 Å². The molecule has 0 fully saturated rings. The number of hydrogen-bond acceptors (Lipinski definition) is 3. The second-order valence-corrected chi connectivity index (χ2v) is 4.37. The third-order valence-electron chi connectivity index (χ3n) is 2.42. The van der Waals surface area contributed by atoms with E-state index in [0.29, 0.717) is 6.04 Å². The quantitative estimate of drug-likeness (QED) is 0.740. The molecule has 1 aromatic rings. The van der Waals surface area contributed by atoms with Gasteiger partial charge in [0.15, 0.2) is 0 Å². The average molecular weight is 210 g/mol. The van der Waals surface area contributed by atoms with Crippen LogP contribution < -0.4 is 5.32 Å². The van der Waals surface area contributed by atoms with Crippen molar-refractivity contribution < 1.29 is 0 Å². The summed E-state index contributed by atoms with van der Waals surface area (Å²) in [7, 11) is 2.13. The Balaban J connectivity index is 2.24. The fraction of sp³-hybridized carbons (Fsp3) is 0.727. The van der Waals surface area contributed by atoms with Crippen molar-refractivity contribution in [3.05, 3.63) is 17.5 Å². The first-order chi connectivity index (χ1) is 7.09. The lowest BCUT2D eigenvalue weighted by Crippen LogP contribution is -2.32. The van der Waals surface area contributed by atoms with E-state index in [1.165, 1.54) is 11.3 Å². The van der Waals surface area contributed by atoms with Crippen LogP contribution in [0.5, 0.6) is 0 Å². The Bertz CT molecular complexity index is 280. The predicted molar refractivity (Wildman–Crippen MR) is 62.8 cm³/mol. The van der Waals surface area contributed by atoms with E-state index in [1.54, 1.807) is 0 Å². The third kappa shape index (κ3) is 4.44. The van der Waals surface area contributed by atoms with Gasteiger partial charge in [0.25, 0.3) is 0 Å². The van der Waals surface area contributed by atoms with Crippen LogP contribution in [0.3, 0.4) is 0 Å². The number of hydrogen-bond donors (Lipinski definition) is 2. The molecule has 0 amide bonds. The molecule has 0 atom stereocenters. The smallest absolute Gasteiger partial charge is 0.0535 e. The van der Waals surface area contributed by atoms with Crippen molar-refractivity contribution in [2.45, 2.75) is 33.4 Å². The highest BCUT2D eigenvalue weighted by molar-refractivity contribution is 5.13. The number of rotatable bonds is 6. The van der Waals surface area contributed by atoms with Crippen LogP contribution in [0.1, 0.15) is 25.1 Å². The lowest BCUT2D eigenvalue weighted by Gasteiger charge is -2.17. The summed E-state index contributed by atoms with van der Waals surface area (Å²) in [4.78, 5) is 2.30. The van der Waals surface area contributed by atoms with Gasteiger partial charge in [0, 0.05) is 36.9 Å². The minimum absolute atomic E-state index is 0.564. The zero-order valence-corrected chi connectivity index (χ0v) is 10.2. The molecule has 0 saturated carbocycles. The Morgan fingerprint density at radius 3 is 2.80 bits per heavy atom. The second kappa shape index (κ2) is 5.88. The molecule has 15 heavy (non-hydrogen) atoms. The maximum Gasteiger partial charge on any atom is 0.0535 e. The van der Waals surface area contributed by atoms with Gasteiger partial charge in [-0.25, -0.2) is 0 Å². The summed E-state index contributed by atoms with van der Waals surface area (Å²) in [5.41, 5.74) is 2.45. The third-order valence-corrected chi connectivity index (χ3v) is 2.42. The molecule has 0 aliphatic heterocycles. The van der Waals surface area contributed by atoms with Gasteiger partial charge in [-0.2, -0.15) is 5.10 Å². The fourth-order valence-electron chi connectivity index (χ4n) is 1.45. The summed E-state index contributed by atoms with van der Waals surface area (Å²) < 4.78 is 0. The first-order valence-electron chi connectivity index (χ1n) is 5.50. The Labute approximate surface area is 92.1 Å². The Kier molecular flexibility index (Phi) is 4.78. The maximum absolute atomic E-state index is 4.02. The van der Waals surface area contributed by atoms with Crippen LogP contribution in [0.25, 0.3) is 0 Å². The second-order valence-electron chi connectivity index (χ2n) is 4.37. The Hall–Kier alpha value is -0.870. The summed E-state index contributed by atoms with van der Waals surface area (Å²) in [5, 5.41) is 10.4. The summed E-state index contributed by atoms with van der Waals surface area (Å²) >= 11 is 0. The molecular weight excluding hydrogens is 188 g/mol. The largest absolute Gasteiger partial charge is 0.313 e. The van der Waals surface area contributed by atoms with Gasteiger partial charge in [0.1, 0.15) is 0 Å². The van der Waals surface area contributed by atoms with Gasteiger partial charge in [0.2, 0.25) is 0 Å². The fourth-order valence-corrected chi connectivity index (χ4v) is 1.45. The summed E-state index contributed by atoms with van der Waals surface area (Å²) in [6.07, 6.45) is 1.90. The molecule has 4 nitrogen and oxygen atoms in total. The van der Waals surface area contributed by atoms with Gasteiger partial charge < -0.3 is 10.2 Å². The van der Waals surface area contributed by atoms with Crippen molar-refractivity contribution in [2.75, 3.05) is 20.1 Å². The van der Waals surface area contributed by atoms with Crippen molar-refractivity contribution in [3.8, 4) is 0 Å². The lowest BCUT2D eigenvalue weighted by molar-refractivity contribution is 0.319. The monoisotopic (exact) mass is 210 g/mol. The molecule has 1 heterocycles. The zero-order valence-electron chi connectivity index (χ0n) is 10.2. The van der Waals surface area contributed by atoms with E-state index < -0.39 is 0 Å². The van der Waals surface area contributed by atoms with Crippen molar-refractivity contribution in [3.63, 3.8) is 0 Å². The minimum Gasteiger partial charge on any atom is -0.313 e. The number of likely N-dealkylation sites (N-methyl/N-ethyl adjacent to an activating group) is 1. The first kappa shape index (κ1) is 12.2. The topological polar surface area (TPSA) is 44.0 Å². The van der Waals surface area contributed by atoms with Gasteiger partial charge >= 0.3 is 0 Å². The molecule has 0 aliphatic carbocycles. The van der Waals surface area contributed by atoms with Gasteiger partial charge in [0.05, 0.1) is 6.20 Å². The molecule has 0 aromatic carbocycles. The minimum atomic E-state index is 0.564. The predicted octanol–water partition coefficient (Wildman–Crippen LogP) is 1.15. The molecule has 2 N–H and O–H groups in total. The first-order valence-corrected chi connectivity index (χ1v) is 5.50. The van der Waals surface area contributed by atoms with Crippen molar-refractivity contribution in [1.29, 1.82) is 0 Å². The number of aromatic nitrogens is 2. The number of H-pyrrole nitrogens is 1. The van der Waals surface area contributed by atoms with Gasteiger partial charge in [-0.3, -0.25) is 5.10 Å². The highest BCUT2D eigenvalue weighted by Crippen LogP contribution is 2.04. The average Bonchev–Trinajstić information content (AvgIpc) is 2.51. The van der Waals surface area contributed by atoms with Crippen LogP contribution in [-0.4, -0.2) is 41.3 Å². The summed E-state index contributed by atoms with van der Waals surface area (Å²) in [5.74, 6) is 0. The van der Waals surface area contributed by atoms with E-state index in [4.69, 9.17) is 0 Å². The normalized spacial score (nSPS) is 11.6. The number of aromatic amines is 1. The van der Waals surface area contributed by atoms with E-state index in [-0.39, 0.29) is 0 Å². The maximum atomic E-state index is 4.02. The number of nitrogens with one attached hydrogen (secondary N) is 2. The molecule has 0 saturated heterocycles. The van der Waals surface area contributed by atoms with Crippen molar-refractivity contribution >= 4 is 0 Å². The van der Waals surface area contributed by atoms with Crippen LogP contribution >= 0.6 is 0 Å². The molecule has 0 unspecified atom stereocenters. The van der Waals surface area contributed by atoms with Crippen LogP contribution in [0.2, 0.25) is 0 Å². The zero-order chi connectivity index (χ0) is 11.3. The molecule has 0 spiro atoms. The molecule has 0 aliphatic rings. The molecule has 0 radical (unpaired) electrons. The molecular formula is C11H22N4. The summed E-state index contributed by atoms with van der Waals surface area (Å²) in [6.45, 7) is 9.44. The van der Waals surface area contributed by atoms with Crippen LogP contribution in [0.4, 0.5) is 0 Å².